The Balaban J connectivity index is 1.81. The van der Waals surface area contributed by atoms with Gasteiger partial charge >= 0.3 is 0 Å². The van der Waals surface area contributed by atoms with E-state index in [0.717, 1.165) is 18.9 Å². The number of non-ortho nitro benzene ring substituents is 1. The smallest absolute Gasteiger partial charge is 0.270 e. The number of rotatable bonds is 4. The van der Waals surface area contributed by atoms with Crippen LogP contribution in [0.15, 0.2) is 42.5 Å². The lowest BCUT2D eigenvalue weighted by atomic mass is 9.98. The fourth-order valence-electron chi connectivity index (χ4n) is 3.15. The summed E-state index contributed by atoms with van der Waals surface area (Å²) in [6.07, 6.45) is 1.91. The van der Waals surface area contributed by atoms with E-state index < -0.39 is 10.8 Å². The molecule has 1 N–H and O–H groups in total. The summed E-state index contributed by atoms with van der Waals surface area (Å²) in [7, 11) is 0. The Bertz CT molecular complexity index is 923. The number of nitrogens with zero attached hydrogens (tertiary/aromatic N) is 2. The Hall–Kier alpha value is -2.93. The highest BCUT2D eigenvalue weighted by molar-refractivity contribution is 6.34. The summed E-state index contributed by atoms with van der Waals surface area (Å²) in [5.41, 5.74) is 0.687. The van der Waals surface area contributed by atoms with Gasteiger partial charge in [-0.1, -0.05) is 30.7 Å². The minimum atomic E-state index is -0.582. The van der Waals surface area contributed by atoms with Crippen molar-refractivity contribution in [2.75, 3.05) is 18.4 Å². The average Bonchev–Trinajstić information content (AvgIpc) is 2.68. The van der Waals surface area contributed by atoms with Crippen molar-refractivity contribution < 1.29 is 14.5 Å². The number of carbonyl (C=O) groups is 2. The van der Waals surface area contributed by atoms with Crippen LogP contribution in [0.2, 0.25) is 5.02 Å². The number of nitro groups is 1. The van der Waals surface area contributed by atoms with Crippen LogP contribution >= 0.6 is 11.6 Å². The zero-order valence-corrected chi connectivity index (χ0v) is 16.1. The molecule has 1 saturated heterocycles. The van der Waals surface area contributed by atoms with Crippen LogP contribution in [0.3, 0.4) is 0 Å². The zero-order chi connectivity index (χ0) is 20.3. The lowest BCUT2D eigenvalue weighted by Gasteiger charge is -2.30. The summed E-state index contributed by atoms with van der Waals surface area (Å²) in [6.45, 7) is 3.55. The van der Waals surface area contributed by atoms with Gasteiger partial charge in [0, 0.05) is 25.2 Å². The number of para-hydroxylation sites is 1. The predicted octanol–water partition coefficient (Wildman–Crippen LogP) is 4.37. The minimum absolute atomic E-state index is 0.0273. The van der Waals surface area contributed by atoms with Gasteiger partial charge in [-0.05, 0) is 37.0 Å². The summed E-state index contributed by atoms with van der Waals surface area (Å²) < 4.78 is 0. The molecule has 146 valence electrons. The van der Waals surface area contributed by atoms with E-state index in [1.165, 1.54) is 12.1 Å². The van der Waals surface area contributed by atoms with E-state index in [2.05, 4.69) is 12.2 Å². The number of nitro benzene ring substituents is 1. The largest absolute Gasteiger partial charge is 0.339 e. The summed E-state index contributed by atoms with van der Waals surface area (Å²) in [5, 5.41) is 13.5. The molecule has 1 heterocycles. The summed E-state index contributed by atoms with van der Waals surface area (Å²) in [6, 6.07) is 10.4. The maximum Gasteiger partial charge on any atom is 0.270 e. The van der Waals surface area contributed by atoms with E-state index in [1.807, 2.05) is 0 Å². The van der Waals surface area contributed by atoms with Crippen molar-refractivity contribution in [2.24, 2.45) is 5.92 Å². The van der Waals surface area contributed by atoms with Crippen molar-refractivity contribution in [1.82, 2.24) is 4.90 Å². The third kappa shape index (κ3) is 4.31. The van der Waals surface area contributed by atoms with Crippen molar-refractivity contribution >= 4 is 34.8 Å². The van der Waals surface area contributed by atoms with Crippen LogP contribution in [-0.2, 0) is 0 Å². The van der Waals surface area contributed by atoms with E-state index in [1.54, 1.807) is 29.2 Å². The molecule has 0 saturated carbocycles. The molecule has 1 fully saturated rings. The van der Waals surface area contributed by atoms with Crippen molar-refractivity contribution in [1.29, 1.82) is 0 Å². The monoisotopic (exact) mass is 401 g/mol. The van der Waals surface area contributed by atoms with E-state index in [0.29, 0.717) is 30.3 Å². The number of benzene rings is 2. The second-order valence-electron chi connectivity index (χ2n) is 6.90. The van der Waals surface area contributed by atoms with Crippen LogP contribution in [0.25, 0.3) is 0 Å². The molecular formula is C20H20ClN3O4. The second kappa shape index (κ2) is 8.39. The van der Waals surface area contributed by atoms with Crippen molar-refractivity contribution in [3.8, 4) is 0 Å². The van der Waals surface area contributed by atoms with Crippen LogP contribution < -0.4 is 5.32 Å². The molecule has 0 unspecified atom stereocenters. The number of piperidine rings is 1. The molecule has 0 bridgehead atoms. The summed E-state index contributed by atoms with van der Waals surface area (Å²) >= 11 is 6.03. The Labute approximate surface area is 167 Å². The lowest BCUT2D eigenvalue weighted by Crippen LogP contribution is -2.38. The van der Waals surface area contributed by atoms with Crippen molar-refractivity contribution in [3.05, 3.63) is 68.7 Å². The van der Waals surface area contributed by atoms with Crippen molar-refractivity contribution in [2.45, 2.75) is 19.8 Å². The standard InChI is InChI=1S/C20H20ClN3O4/c1-13-8-10-23(11-9-13)20(26)16-4-2-3-5-18(16)22-19(25)15-7-6-14(24(27)28)12-17(15)21/h2-7,12-13H,8-11H2,1H3,(H,22,25). The number of amides is 2. The minimum Gasteiger partial charge on any atom is -0.339 e. The number of likely N-dealkylation sites (tertiary alicyclic amines) is 1. The van der Waals surface area contributed by atoms with Gasteiger partial charge in [-0.25, -0.2) is 0 Å². The highest BCUT2D eigenvalue weighted by atomic mass is 35.5. The Morgan fingerprint density at radius 2 is 1.82 bits per heavy atom. The van der Waals surface area contributed by atoms with Gasteiger partial charge in [0.1, 0.15) is 0 Å². The molecular weight excluding hydrogens is 382 g/mol. The molecule has 0 atom stereocenters. The Morgan fingerprint density at radius 1 is 1.14 bits per heavy atom. The third-order valence-corrected chi connectivity index (χ3v) is 5.20. The molecule has 2 aromatic rings. The molecule has 7 nitrogen and oxygen atoms in total. The molecule has 0 aliphatic carbocycles. The Kier molecular flexibility index (Phi) is 5.94. The average molecular weight is 402 g/mol. The van der Waals surface area contributed by atoms with Gasteiger partial charge in [-0.15, -0.1) is 0 Å². The number of hydrogen-bond donors (Lipinski definition) is 1. The van der Waals surface area contributed by atoms with Crippen molar-refractivity contribution in [3.63, 3.8) is 0 Å². The van der Waals surface area contributed by atoms with Crippen LogP contribution in [0, 0.1) is 16.0 Å². The van der Waals surface area contributed by atoms with Gasteiger partial charge in [-0.3, -0.25) is 19.7 Å². The molecule has 1 aliphatic rings. The molecule has 8 heteroatoms. The lowest BCUT2D eigenvalue weighted by molar-refractivity contribution is -0.384. The molecule has 0 radical (unpaired) electrons. The molecule has 2 aromatic carbocycles. The van der Waals surface area contributed by atoms with Crippen LogP contribution in [0.1, 0.15) is 40.5 Å². The van der Waals surface area contributed by atoms with E-state index in [-0.39, 0.29) is 22.2 Å². The fraction of sp³-hybridized carbons (Fsp3) is 0.300. The molecule has 28 heavy (non-hydrogen) atoms. The van der Waals surface area contributed by atoms with E-state index >= 15 is 0 Å². The van der Waals surface area contributed by atoms with E-state index in [9.17, 15) is 19.7 Å². The molecule has 1 aliphatic heterocycles. The van der Waals surface area contributed by atoms with Gasteiger partial charge in [0.2, 0.25) is 0 Å². The molecule has 0 aromatic heterocycles. The number of nitrogens with one attached hydrogen (secondary N) is 1. The van der Waals surface area contributed by atoms with Gasteiger partial charge in [0.05, 0.1) is 26.8 Å². The maximum atomic E-state index is 12.9. The van der Waals surface area contributed by atoms with Gasteiger partial charge in [0.25, 0.3) is 17.5 Å². The quantitative estimate of drug-likeness (QED) is 0.608. The molecule has 3 rings (SSSR count). The molecule has 0 spiro atoms. The first-order valence-corrected chi connectivity index (χ1v) is 9.38. The number of hydrogen-bond acceptors (Lipinski definition) is 4. The second-order valence-corrected chi connectivity index (χ2v) is 7.30. The van der Waals surface area contributed by atoms with Crippen LogP contribution in [0.5, 0.6) is 0 Å². The van der Waals surface area contributed by atoms with Crippen LogP contribution in [0.4, 0.5) is 11.4 Å². The first kappa shape index (κ1) is 19.8. The fourth-order valence-corrected chi connectivity index (χ4v) is 3.41. The highest BCUT2D eigenvalue weighted by Gasteiger charge is 2.24. The number of halogens is 1. The third-order valence-electron chi connectivity index (χ3n) is 4.88. The summed E-state index contributed by atoms with van der Waals surface area (Å²) in [5.74, 6) is -0.0618. The SMILES string of the molecule is CC1CCN(C(=O)c2ccccc2NC(=O)c2ccc([N+](=O)[O-])cc2Cl)CC1. The van der Waals surface area contributed by atoms with Gasteiger partial charge in [-0.2, -0.15) is 0 Å². The maximum absolute atomic E-state index is 12.9. The van der Waals surface area contributed by atoms with Gasteiger partial charge in [0.15, 0.2) is 0 Å². The number of carbonyl (C=O) groups excluding carboxylic acids is 2. The molecule has 2 amide bonds. The topological polar surface area (TPSA) is 92.6 Å². The highest BCUT2D eigenvalue weighted by Crippen LogP contribution is 2.26. The van der Waals surface area contributed by atoms with E-state index in [4.69, 9.17) is 11.6 Å². The normalized spacial score (nSPS) is 14.6. The Morgan fingerprint density at radius 3 is 2.46 bits per heavy atom. The first-order chi connectivity index (χ1) is 13.4. The first-order valence-electron chi connectivity index (χ1n) is 9.00. The number of anilines is 1. The zero-order valence-electron chi connectivity index (χ0n) is 15.4. The summed E-state index contributed by atoms with van der Waals surface area (Å²) in [4.78, 5) is 37.6. The van der Waals surface area contributed by atoms with Gasteiger partial charge < -0.3 is 10.2 Å². The van der Waals surface area contributed by atoms with Crippen LogP contribution in [-0.4, -0.2) is 34.7 Å². The predicted molar refractivity (Wildman–Crippen MR) is 107 cm³/mol.